The number of amides is 2. The molecule has 42 heavy (non-hydrogen) atoms. The number of rotatable bonds is 8. The molecule has 1 aliphatic heterocycles. The van der Waals surface area contributed by atoms with Crippen LogP contribution in [0, 0.1) is 6.92 Å². The van der Waals surface area contributed by atoms with E-state index in [-0.39, 0.29) is 12.6 Å². The maximum absolute atomic E-state index is 14.8. The second-order valence-corrected chi connectivity index (χ2v) is 11.3. The number of H-pyrrole nitrogens is 1. The van der Waals surface area contributed by atoms with Crippen molar-refractivity contribution in [1.29, 1.82) is 0 Å². The number of carbonyl (C=O) groups excluding carboxylic acids is 1. The monoisotopic (exact) mass is 560 g/mol. The third kappa shape index (κ3) is 5.93. The highest BCUT2D eigenvalue weighted by molar-refractivity contribution is 5.79. The van der Waals surface area contributed by atoms with Gasteiger partial charge in [0.25, 0.3) is 0 Å². The number of fused-ring (bicyclic) bond motifs is 1. The van der Waals surface area contributed by atoms with Crippen LogP contribution < -0.4 is 0 Å². The zero-order chi connectivity index (χ0) is 29.1. The van der Waals surface area contributed by atoms with E-state index in [4.69, 9.17) is 0 Å². The molecule has 0 spiro atoms. The van der Waals surface area contributed by atoms with Crippen LogP contribution in [-0.4, -0.2) is 60.5 Å². The molecular weight excluding hydrogens is 524 g/mol. The summed E-state index contributed by atoms with van der Waals surface area (Å²) in [7, 11) is 0. The van der Waals surface area contributed by atoms with Gasteiger partial charge in [-0.05, 0) is 54.2 Å². The average Bonchev–Trinajstić information content (AvgIpc) is 3.47. The van der Waals surface area contributed by atoms with Crippen molar-refractivity contribution in [3.8, 4) is 0 Å². The van der Waals surface area contributed by atoms with Gasteiger partial charge >= 0.3 is 6.03 Å². The van der Waals surface area contributed by atoms with Gasteiger partial charge in [0.05, 0.1) is 23.8 Å². The first-order valence-corrected chi connectivity index (χ1v) is 14.4. The summed E-state index contributed by atoms with van der Waals surface area (Å²) in [6, 6.07) is 32.3. The van der Waals surface area contributed by atoms with Crippen LogP contribution in [0.4, 0.5) is 4.79 Å². The van der Waals surface area contributed by atoms with E-state index in [2.05, 4.69) is 16.3 Å². The van der Waals surface area contributed by atoms with Gasteiger partial charge in [0.2, 0.25) is 0 Å². The van der Waals surface area contributed by atoms with Gasteiger partial charge in [-0.15, -0.1) is 0 Å². The lowest BCUT2D eigenvalue weighted by atomic mass is 9.91. The number of aromatic nitrogens is 2. The fraction of sp³-hybridized carbons (Fsp3) is 0.257. The van der Waals surface area contributed by atoms with Crippen LogP contribution in [0.15, 0.2) is 109 Å². The van der Waals surface area contributed by atoms with Crippen molar-refractivity contribution in [2.45, 2.75) is 57.1 Å². The van der Waals surface area contributed by atoms with Gasteiger partial charge in [-0.1, -0.05) is 96.6 Å². The molecule has 1 fully saturated rings. The topological polar surface area (TPSA) is 92.7 Å². The van der Waals surface area contributed by atoms with Crippen molar-refractivity contribution in [2.24, 2.45) is 0 Å². The molecule has 4 aromatic carbocycles. The smallest absolute Gasteiger partial charge is 0.321 e. The van der Waals surface area contributed by atoms with E-state index in [9.17, 15) is 15.0 Å². The van der Waals surface area contributed by atoms with E-state index in [1.165, 1.54) is 0 Å². The Morgan fingerprint density at radius 2 is 1.24 bits per heavy atom. The molecule has 7 heteroatoms. The number of aliphatic hydroxyl groups excluding tert-OH is 2. The molecule has 7 nitrogen and oxygen atoms in total. The Bertz CT molecular complexity index is 1640. The quantitative estimate of drug-likeness (QED) is 0.242. The normalized spacial score (nSPS) is 21.1. The fourth-order valence-electron chi connectivity index (χ4n) is 6.11. The molecular formula is C35H36N4O3. The number of hydrogen-bond acceptors (Lipinski definition) is 4. The molecule has 1 aliphatic rings. The third-order valence-electron chi connectivity index (χ3n) is 8.30. The van der Waals surface area contributed by atoms with E-state index >= 15 is 0 Å². The Kier molecular flexibility index (Phi) is 8.04. The van der Waals surface area contributed by atoms with Gasteiger partial charge < -0.3 is 20.0 Å². The summed E-state index contributed by atoms with van der Waals surface area (Å²) < 4.78 is 0. The molecule has 0 aliphatic carbocycles. The highest BCUT2D eigenvalue weighted by atomic mass is 16.3. The van der Waals surface area contributed by atoms with Crippen molar-refractivity contribution < 1.29 is 15.0 Å². The summed E-state index contributed by atoms with van der Waals surface area (Å²) in [6.07, 6.45) is 0.277. The molecule has 3 N–H and O–H groups in total. The highest BCUT2D eigenvalue weighted by Crippen LogP contribution is 2.30. The predicted octanol–water partition coefficient (Wildman–Crippen LogP) is 5.25. The maximum Gasteiger partial charge on any atom is 0.321 e. The molecule has 0 saturated carbocycles. The first-order chi connectivity index (χ1) is 20.5. The van der Waals surface area contributed by atoms with Crippen LogP contribution in [-0.2, 0) is 25.9 Å². The minimum Gasteiger partial charge on any atom is -0.388 e. The van der Waals surface area contributed by atoms with Crippen molar-refractivity contribution in [2.75, 3.05) is 0 Å². The lowest BCUT2D eigenvalue weighted by Crippen LogP contribution is -2.50. The van der Waals surface area contributed by atoms with Crippen molar-refractivity contribution >= 4 is 16.9 Å². The van der Waals surface area contributed by atoms with Crippen molar-refractivity contribution in [3.05, 3.63) is 137 Å². The molecule has 6 rings (SSSR count). The standard InChI is InChI=1S/C35H36N4O3/c1-24-9-8-14-27(17-24)22-38-31(19-25-10-4-2-5-11-25)33(40)34(41)32(20-26-12-6-3-7-13-26)39(35(38)42)23-28-15-16-30-29(18-28)21-36-37-30/h2-18,21,31-34,40-41H,19-20,22-23H2,1H3,(H,36,37). The average molecular weight is 561 g/mol. The highest BCUT2D eigenvalue weighted by Gasteiger charge is 2.46. The number of nitrogens with one attached hydrogen (secondary N) is 1. The summed E-state index contributed by atoms with van der Waals surface area (Å²) in [5.41, 5.74) is 5.90. The third-order valence-corrected chi connectivity index (χ3v) is 8.30. The number of aromatic amines is 1. The maximum atomic E-state index is 14.8. The van der Waals surface area contributed by atoms with Gasteiger partial charge in [-0.25, -0.2) is 4.79 Å². The molecule has 2 heterocycles. The Hall–Kier alpha value is -4.46. The summed E-state index contributed by atoms with van der Waals surface area (Å²) in [4.78, 5) is 18.3. The van der Waals surface area contributed by atoms with E-state index in [0.29, 0.717) is 19.4 Å². The molecule has 214 valence electrons. The SMILES string of the molecule is Cc1cccc(CN2C(=O)N(Cc3ccc4[nH]ncc4c3)C(Cc3ccccc3)C(O)C(O)C2Cc2ccccc2)c1. The zero-order valence-corrected chi connectivity index (χ0v) is 23.7. The lowest BCUT2D eigenvalue weighted by molar-refractivity contribution is -0.0408. The van der Waals surface area contributed by atoms with E-state index in [0.717, 1.165) is 38.7 Å². The van der Waals surface area contributed by atoms with Gasteiger partial charge in [0.15, 0.2) is 0 Å². The van der Waals surface area contributed by atoms with Crippen LogP contribution in [0.5, 0.6) is 0 Å². The number of hydrogen-bond donors (Lipinski definition) is 3. The van der Waals surface area contributed by atoms with Crippen LogP contribution >= 0.6 is 0 Å². The van der Waals surface area contributed by atoms with E-state index in [1.807, 2.05) is 104 Å². The molecule has 1 aromatic heterocycles. The van der Waals surface area contributed by atoms with Gasteiger partial charge in [-0.3, -0.25) is 5.10 Å². The summed E-state index contributed by atoms with van der Waals surface area (Å²) in [6.45, 7) is 2.63. The Morgan fingerprint density at radius 3 is 1.81 bits per heavy atom. The molecule has 4 unspecified atom stereocenters. The van der Waals surface area contributed by atoms with Gasteiger partial charge in [0.1, 0.15) is 12.2 Å². The van der Waals surface area contributed by atoms with Gasteiger partial charge in [-0.2, -0.15) is 5.10 Å². The molecule has 2 amide bonds. The van der Waals surface area contributed by atoms with Crippen molar-refractivity contribution in [3.63, 3.8) is 0 Å². The first kappa shape index (κ1) is 27.7. The number of aliphatic hydroxyl groups is 2. The van der Waals surface area contributed by atoms with Crippen LogP contribution in [0.2, 0.25) is 0 Å². The molecule has 5 aromatic rings. The number of benzene rings is 4. The minimum absolute atomic E-state index is 0.207. The lowest BCUT2D eigenvalue weighted by Gasteiger charge is -2.36. The molecule has 4 atom stereocenters. The number of nitrogens with zero attached hydrogens (tertiary/aromatic N) is 3. The first-order valence-electron chi connectivity index (χ1n) is 14.4. The fourth-order valence-corrected chi connectivity index (χ4v) is 6.11. The number of aryl methyl sites for hydroxylation is 1. The summed E-state index contributed by atoms with van der Waals surface area (Å²) >= 11 is 0. The van der Waals surface area contributed by atoms with Crippen LogP contribution in [0.1, 0.15) is 27.8 Å². The number of carbonyl (C=O) groups is 1. The summed E-state index contributed by atoms with van der Waals surface area (Å²) in [5.74, 6) is 0. The van der Waals surface area contributed by atoms with E-state index < -0.39 is 24.3 Å². The molecule has 0 bridgehead atoms. The Morgan fingerprint density at radius 1 is 0.690 bits per heavy atom. The van der Waals surface area contributed by atoms with E-state index in [1.54, 1.807) is 16.0 Å². The molecule has 1 saturated heterocycles. The van der Waals surface area contributed by atoms with Crippen LogP contribution in [0.3, 0.4) is 0 Å². The summed E-state index contributed by atoms with van der Waals surface area (Å²) in [5, 5.41) is 31.8. The minimum atomic E-state index is -1.16. The van der Waals surface area contributed by atoms with Crippen molar-refractivity contribution in [1.82, 2.24) is 20.0 Å². The second kappa shape index (κ2) is 12.2. The Labute approximate surface area is 246 Å². The molecule has 0 radical (unpaired) electrons. The largest absolute Gasteiger partial charge is 0.388 e. The Balaban J connectivity index is 1.43. The second-order valence-electron chi connectivity index (χ2n) is 11.3. The van der Waals surface area contributed by atoms with Crippen LogP contribution in [0.25, 0.3) is 10.9 Å². The predicted molar refractivity (Wildman–Crippen MR) is 164 cm³/mol. The van der Waals surface area contributed by atoms with Gasteiger partial charge in [0, 0.05) is 18.5 Å². The number of urea groups is 1. The zero-order valence-electron chi connectivity index (χ0n) is 23.7.